The van der Waals surface area contributed by atoms with Crippen LogP contribution in [0.2, 0.25) is 0 Å². The minimum Gasteiger partial charge on any atom is -0.247 e. The number of pyridine rings is 1. The smallest absolute Gasteiger partial charge is 0.106 e. The summed E-state index contributed by atoms with van der Waals surface area (Å²) in [6.45, 7) is 2.01. The molecule has 2 aromatic rings. The maximum atomic E-state index is 4.18. The predicted octanol–water partition coefficient (Wildman–Crippen LogP) is 2.34. The average Bonchev–Trinajstić information content (AvgIpc) is 2.53. The maximum absolute atomic E-state index is 4.18. The molecule has 0 unspecified atom stereocenters. The quantitative estimate of drug-likeness (QED) is 0.714. The highest BCUT2D eigenvalue weighted by atomic mass is 79.9. The van der Waals surface area contributed by atoms with E-state index < -0.39 is 0 Å². The Morgan fingerprint density at radius 2 is 2.15 bits per heavy atom. The lowest BCUT2D eigenvalue weighted by Gasteiger charge is -1.99. The first-order valence-corrected chi connectivity index (χ1v) is 4.68. The van der Waals surface area contributed by atoms with Crippen molar-refractivity contribution in [3.05, 3.63) is 40.9 Å². The van der Waals surface area contributed by atoms with Crippen LogP contribution in [0.1, 0.15) is 5.56 Å². The van der Waals surface area contributed by atoms with E-state index in [4.69, 9.17) is 0 Å². The summed E-state index contributed by atoms with van der Waals surface area (Å²) in [5, 5.41) is 4.18. The Balaban J connectivity index is 2.41. The summed E-state index contributed by atoms with van der Waals surface area (Å²) in [6.07, 6.45) is 5.56. The van der Waals surface area contributed by atoms with Gasteiger partial charge in [-0.3, -0.25) is 0 Å². The van der Waals surface area contributed by atoms with Crippen LogP contribution in [0, 0.1) is 6.92 Å². The van der Waals surface area contributed by atoms with Gasteiger partial charge in [0.2, 0.25) is 0 Å². The Hall–Kier alpha value is -1.16. The summed E-state index contributed by atoms with van der Waals surface area (Å²) in [6, 6.07) is 3.86. The summed E-state index contributed by atoms with van der Waals surface area (Å²) < 4.78 is 2.63. The lowest BCUT2D eigenvalue weighted by molar-refractivity contribution is 0.872. The van der Waals surface area contributed by atoms with E-state index in [9.17, 15) is 0 Å². The molecule has 13 heavy (non-hydrogen) atoms. The standard InChI is InChI=1S/C9H8BrN3/c1-7-4-12-13(6-7)8-2-3-9(10)11-5-8/h2-6H,1H3. The molecular weight excluding hydrogens is 230 g/mol. The van der Waals surface area contributed by atoms with Crippen molar-refractivity contribution in [2.24, 2.45) is 0 Å². The maximum Gasteiger partial charge on any atom is 0.106 e. The molecule has 0 aliphatic carbocycles. The zero-order chi connectivity index (χ0) is 9.26. The van der Waals surface area contributed by atoms with Crippen LogP contribution < -0.4 is 0 Å². The topological polar surface area (TPSA) is 30.7 Å². The Labute approximate surface area is 84.5 Å². The summed E-state index contributed by atoms with van der Waals surface area (Å²) in [7, 11) is 0. The summed E-state index contributed by atoms with van der Waals surface area (Å²) in [4.78, 5) is 4.12. The van der Waals surface area contributed by atoms with Crippen LogP contribution in [-0.4, -0.2) is 14.8 Å². The molecule has 0 amide bonds. The molecule has 0 radical (unpaired) electrons. The molecule has 0 aliphatic heterocycles. The Morgan fingerprint density at radius 1 is 1.31 bits per heavy atom. The second kappa shape index (κ2) is 3.30. The fraction of sp³-hybridized carbons (Fsp3) is 0.111. The van der Waals surface area contributed by atoms with Crippen molar-refractivity contribution in [2.75, 3.05) is 0 Å². The van der Waals surface area contributed by atoms with Crippen LogP contribution in [0.5, 0.6) is 0 Å². The Kier molecular flexibility index (Phi) is 2.14. The van der Waals surface area contributed by atoms with E-state index in [0.29, 0.717) is 0 Å². The van der Waals surface area contributed by atoms with E-state index >= 15 is 0 Å². The number of hydrogen-bond acceptors (Lipinski definition) is 2. The predicted molar refractivity (Wildman–Crippen MR) is 53.8 cm³/mol. The van der Waals surface area contributed by atoms with Gasteiger partial charge in [-0.15, -0.1) is 0 Å². The molecule has 0 atom stereocenters. The van der Waals surface area contributed by atoms with E-state index in [0.717, 1.165) is 15.9 Å². The van der Waals surface area contributed by atoms with Gasteiger partial charge in [0, 0.05) is 6.20 Å². The van der Waals surface area contributed by atoms with E-state index in [1.54, 1.807) is 10.9 Å². The van der Waals surface area contributed by atoms with E-state index in [-0.39, 0.29) is 0 Å². The van der Waals surface area contributed by atoms with E-state index in [1.807, 2.05) is 31.5 Å². The minimum atomic E-state index is 0.833. The van der Waals surface area contributed by atoms with Crippen molar-refractivity contribution in [3.8, 4) is 5.69 Å². The largest absolute Gasteiger partial charge is 0.247 e. The highest BCUT2D eigenvalue weighted by molar-refractivity contribution is 9.10. The van der Waals surface area contributed by atoms with Crippen molar-refractivity contribution in [1.29, 1.82) is 0 Å². The molecule has 2 rings (SSSR count). The summed E-state index contributed by atoms with van der Waals surface area (Å²) >= 11 is 3.28. The zero-order valence-corrected chi connectivity index (χ0v) is 8.69. The van der Waals surface area contributed by atoms with Gasteiger partial charge in [0.15, 0.2) is 0 Å². The molecule has 0 saturated heterocycles. The van der Waals surface area contributed by atoms with Crippen molar-refractivity contribution < 1.29 is 0 Å². The third kappa shape index (κ3) is 1.78. The highest BCUT2D eigenvalue weighted by Crippen LogP contribution is 2.10. The molecule has 4 heteroatoms. The molecule has 0 spiro atoms. The lowest BCUT2D eigenvalue weighted by atomic mass is 10.4. The van der Waals surface area contributed by atoms with Gasteiger partial charge in [-0.2, -0.15) is 5.10 Å². The van der Waals surface area contributed by atoms with Crippen molar-refractivity contribution in [2.45, 2.75) is 6.92 Å². The Bertz CT molecular complexity index is 405. The lowest BCUT2D eigenvalue weighted by Crippen LogP contribution is -1.94. The van der Waals surface area contributed by atoms with Crippen molar-refractivity contribution in [3.63, 3.8) is 0 Å². The second-order valence-corrected chi connectivity index (χ2v) is 3.61. The van der Waals surface area contributed by atoms with Gasteiger partial charge in [0.05, 0.1) is 18.1 Å². The summed E-state index contributed by atoms with van der Waals surface area (Å²) in [5.74, 6) is 0. The monoisotopic (exact) mass is 237 g/mol. The number of nitrogens with zero attached hydrogens (tertiary/aromatic N) is 3. The van der Waals surface area contributed by atoms with E-state index in [1.165, 1.54) is 0 Å². The zero-order valence-electron chi connectivity index (χ0n) is 7.11. The molecule has 0 aromatic carbocycles. The molecule has 0 bridgehead atoms. The van der Waals surface area contributed by atoms with Crippen LogP contribution in [0.4, 0.5) is 0 Å². The molecule has 3 nitrogen and oxygen atoms in total. The van der Waals surface area contributed by atoms with Gasteiger partial charge in [0.25, 0.3) is 0 Å². The molecule has 0 fully saturated rings. The number of hydrogen-bond donors (Lipinski definition) is 0. The van der Waals surface area contributed by atoms with Gasteiger partial charge < -0.3 is 0 Å². The molecule has 0 aliphatic rings. The average molecular weight is 238 g/mol. The minimum absolute atomic E-state index is 0.833. The third-order valence-electron chi connectivity index (χ3n) is 1.69. The molecule has 66 valence electrons. The first-order chi connectivity index (χ1) is 6.25. The van der Waals surface area contributed by atoms with Gasteiger partial charge >= 0.3 is 0 Å². The molecule has 0 saturated carbocycles. The Morgan fingerprint density at radius 3 is 2.69 bits per heavy atom. The number of halogens is 1. The van der Waals surface area contributed by atoms with Crippen molar-refractivity contribution >= 4 is 15.9 Å². The molecule has 2 aromatic heterocycles. The van der Waals surface area contributed by atoms with Crippen LogP contribution >= 0.6 is 15.9 Å². The van der Waals surface area contributed by atoms with Gasteiger partial charge in [-0.05, 0) is 40.5 Å². The number of aromatic nitrogens is 3. The van der Waals surface area contributed by atoms with Crippen LogP contribution in [0.15, 0.2) is 35.3 Å². The van der Waals surface area contributed by atoms with Crippen LogP contribution in [-0.2, 0) is 0 Å². The van der Waals surface area contributed by atoms with Gasteiger partial charge in [0.1, 0.15) is 4.60 Å². The molecule has 0 N–H and O–H groups in total. The summed E-state index contributed by atoms with van der Waals surface area (Å²) in [5.41, 5.74) is 2.11. The van der Waals surface area contributed by atoms with Crippen LogP contribution in [0.3, 0.4) is 0 Å². The first kappa shape index (κ1) is 8.44. The third-order valence-corrected chi connectivity index (χ3v) is 2.16. The number of aryl methyl sites for hydroxylation is 1. The normalized spacial score (nSPS) is 10.3. The SMILES string of the molecule is Cc1cnn(-c2ccc(Br)nc2)c1. The number of rotatable bonds is 1. The fourth-order valence-electron chi connectivity index (χ4n) is 1.06. The highest BCUT2D eigenvalue weighted by Gasteiger charge is 1.97. The fourth-order valence-corrected chi connectivity index (χ4v) is 1.29. The molecule has 2 heterocycles. The van der Waals surface area contributed by atoms with Crippen LogP contribution in [0.25, 0.3) is 5.69 Å². The van der Waals surface area contributed by atoms with Gasteiger partial charge in [-0.25, -0.2) is 9.67 Å². The van der Waals surface area contributed by atoms with Crippen molar-refractivity contribution in [1.82, 2.24) is 14.8 Å². The first-order valence-electron chi connectivity index (χ1n) is 3.89. The molecular formula is C9H8BrN3. The van der Waals surface area contributed by atoms with Gasteiger partial charge in [-0.1, -0.05) is 0 Å². The van der Waals surface area contributed by atoms with E-state index in [2.05, 4.69) is 26.0 Å². The second-order valence-electron chi connectivity index (χ2n) is 2.80.